The van der Waals surface area contributed by atoms with Gasteiger partial charge >= 0.3 is 88.7 Å². The number of aliphatic hydroxyl groups excluding tert-OH is 3. The Morgan fingerprint density at radius 1 is 0.717 bits per heavy atom. The van der Waals surface area contributed by atoms with E-state index in [4.69, 9.17) is 15.3 Å². The molecule has 0 unspecified atom stereocenters. The van der Waals surface area contributed by atoms with Gasteiger partial charge in [0.05, 0.1) is 25.8 Å². The van der Waals surface area contributed by atoms with E-state index in [2.05, 4.69) is 29.8 Å². The van der Waals surface area contributed by atoms with Gasteiger partial charge in [-0.3, -0.25) is 4.90 Å². The Morgan fingerprint density at radius 3 is 1.59 bits per heavy atom. The van der Waals surface area contributed by atoms with Crippen LogP contribution in [0.25, 0.3) is 0 Å². The summed E-state index contributed by atoms with van der Waals surface area (Å²) < 4.78 is 0. The van der Waals surface area contributed by atoms with Crippen molar-refractivity contribution in [1.29, 1.82) is 0 Å². The fourth-order valence-electron chi connectivity index (χ4n) is 3.03. The van der Waals surface area contributed by atoms with Crippen LogP contribution in [0.4, 0.5) is 4.79 Å². The molecule has 0 bridgehead atoms. The summed E-state index contributed by atoms with van der Waals surface area (Å²) >= 11 is 0. The predicted octanol–water partition coefficient (Wildman–Crippen LogP) is -11.9. The van der Waals surface area contributed by atoms with Crippen LogP contribution in [0, 0.1) is 0 Å². The van der Waals surface area contributed by atoms with Gasteiger partial charge < -0.3 is 71.1 Å². The molecule has 0 aromatic rings. The largest absolute Gasteiger partial charge is 1.00 e. The molecule has 0 saturated carbocycles. The van der Waals surface area contributed by atoms with Gasteiger partial charge in [-0.05, 0) is 13.8 Å². The van der Waals surface area contributed by atoms with Crippen LogP contribution in [0.1, 0.15) is 56.4 Å². The van der Waals surface area contributed by atoms with Crippen molar-refractivity contribution in [1.82, 2.24) is 30.7 Å². The number of hydrogen-bond donors (Lipinski definition) is 6. The quantitative estimate of drug-likeness (QED) is 0.0351. The van der Waals surface area contributed by atoms with Crippen molar-refractivity contribution in [2.45, 2.75) is 74.5 Å². The van der Waals surface area contributed by atoms with Gasteiger partial charge in [0, 0.05) is 83.6 Å². The van der Waals surface area contributed by atoms with Crippen LogP contribution in [0.15, 0.2) is 0 Å². The van der Waals surface area contributed by atoms with Crippen LogP contribution in [0.3, 0.4) is 0 Å². The van der Waals surface area contributed by atoms with Gasteiger partial charge in [0.15, 0.2) is 0 Å². The van der Waals surface area contributed by atoms with Crippen molar-refractivity contribution < 1.29 is 134 Å². The number of hydrogen-bond acceptors (Lipinski definition) is 14. The van der Waals surface area contributed by atoms with Gasteiger partial charge in [-0.1, -0.05) is 49.1 Å². The fraction of sp³-hybridized carbons (Fsp3) is 0.893. The molecule has 0 rings (SSSR count). The SMILES string of the molecule is C.C.CC(C)N(C[C-]=O)CCN(CCO)C(=O)[O-].CC(C)NCCN(CCO)CC(=O)[O-].CC(C)NCCNCCO.[Na+].[Na+].[Na+].[OH-]. The molecule has 1 amide bonds. The fourth-order valence-corrected chi connectivity index (χ4v) is 3.03. The third-order valence-corrected chi connectivity index (χ3v) is 5.18. The molecule has 0 saturated heterocycles. The minimum Gasteiger partial charge on any atom is -0.870 e. The number of carbonyl (C=O) groups excluding carboxylic acids is 3. The summed E-state index contributed by atoms with van der Waals surface area (Å²) in [5.74, 6) is -1.11. The second kappa shape index (κ2) is 50.4. The third kappa shape index (κ3) is 54.5. The van der Waals surface area contributed by atoms with E-state index in [1.807, 2.05) is 27.7 Å². The zero-order chi connectivity index (χ0) is 31.3. The number of nitrogens with one attached hydrogen (secondary N) is 3. The molecule has 7 N–H and O–H groups in total. The van der Waals surface area contributed by atoms with E-state index in [-0.39, 0.29) is 161 Å². The number of carboxylic acids is 1. The molecule has 0 aliphatic carbocycles. The topological polar surface area (TPSA) is 234 Å². The molecule has 0 aliphatic heterocycles. The number of nitrogens with zero attached hydrogens (tertiary/aromatic N) is 3. The molecular weight excluding hydrogens is 633 g/mol. The predicted molar refractivity (Wildman–Crippen MR) is 167 cm³/mol. The number of aliphatic carboxylic acids is 1. The molecule has 0 heterocycles. The monoisotopic (exact) mass is 697 g/mol. The summed E-state index contributed by atoms with van der Waals surface area (Å²) in [6.45, 7) is 17.0. The first-order valence-corrected chi connectivity index (χ1v) is 13.8. The first kappa shape index (κ1) is 68.9. The Balaban J connectivity index is -0.0000000611. The van der Waals surface area contributed by atoms with Crippen molar-refractivity contribution >= 4 is 18.3 Å². The zero-order valence-corrected chi connectivity index (χ0v) is 34.8. The van der Waals surface area contributed by atoms with Crippen LogP contribution in [0.5, 0.6) is 0 Å². The summed E-state index contributed by atoms with van der Waals surface area (Å²) in [6.07, 6.45) is 0.467. The first-order chi connectivity index (χ1) is 18.9. The van der Waals surface area contributed by atoms with Gasteiger partial charge in [0.25, 0.3) is 0 Å². The number of rotatable bonds is 22. The smallest absolute Gasteiger partial charge is 0.870 e. The maximum atomic E-state index is 10.6. The number of amides is 1. The molecule has 0 aliphatic rings. The number of carboxylic acid groups (broad SMARTS) is 2. The van der Waals surface area contributed by atoms with E-state index in [9.17, 15) is 24.6 Å². The van der Waals surface area contributed by atoms with E-state index in [0.717, 1.165) is 18.0 Å². The standard InChI is InChI=1S/C10H19N2O4.C9H20N2O3.C7H18N2O.2CH4.3Na.H2O/c1-9(2)11(5-7-13)3-4-12(6-8-14)10(15)16;1-8(2)10-3-4-11(5-6-12)7-9(13)14;1-7(2)9-4-3-8-5-6-10;;;;;;/h9,14H,3-6,8H2,1-2H3,(H,15,16);8,10,12H,3-7H2,1-2H3,(H,13,14);7-10H,3-6H2,1-2H3;2*1H4;;;;1H2/q-1;;;;;3*+1;/p-3. The Morgan fingerprint density at radius 2 is 1.22 bits per heavy atom. The van der Waals surface area contributed by atoms with E-state index in [1.165, 1.54) is 0 Å². The van der Waals surface area contributed by atoms with Crippen LogP contribution < -0.4 is 115 Å². The minimum atomic E-state index is -1.31. The number of carbonyl (C=O) groups is 2. The molecule has 0 aromatic heterocycles. The average Bonchev–Trinajstić information content (AvgIpc) is 2.85. The first-order valence-electron chi connectivity index (χ1n) is 13.8. The van der Waals surface area contributed by atoms with E-state index < -0.39 is 12.1 Å². The molecule has 15 nitrogen and oxygen atoms in total. The normalized spacial score (nSPS) is 9.52. The molecule has 0 fully saturated rings. The average molecular weight is 698 g/mol. The summed E-state index contributed by atoms with van der Waals surface area (Å²) in [7, 11) is 0. The molecule has 0 radical (unpaired) electrons. The summed E-state index contributed by atoms with van der Waals surface area (Å²) in [6, 6.07) is 1.07. The van der Waals surface area contributed by atoms with Gasteiger partial charge in [-0.15, -0.1) is 0 Å². The molecule has 46 heavy (non-hydrogen) atoms. The van der Waals surface area contributed by atoms with E-state index in [0.29, 0.717) is 44.8 Å². The molecule has 0 atom stereocenters. The summed E-state index contributed by atoms with van der Waals surface area (Å²) in [5.41, 5.74) is 0. The van der Waals surface area contributed by atoms with Crippen LogP contribution >= 0.6 is 0 Å². The van der Waals surface area contributed by atoms with Gasteiger partial charge in [0.1, 0.15) is 6.09 Å². The maximum Gasteiger partial charge on any atom is 1.00 e. The van der Waals surface area contributed by atoms with Gasteiger partial charge in [-0.25, -0.2) is 6.29 Å². The maximum absolute atomic E-state index is 10.6. The molecule has 264 valence electrons. The Labute approximate surface area is 346 Å². The van der Waals surface area contributed by atoms with Crippen molar-refractivity contribution in [3.05, 3.63) is 0 Å². The van der Waals surface area contributed by atoms with E-state index >= 15 is 0 Å². The Kier molecular flexibility index (Phi) is 75.5. The molecule has 0 spiro atoms. The Bertz CT molecular complexity index is 619. The zero-order valence-electron chi connectivity index (χ0n) is 28.8. The minimum absolute atomic E-state index is 0. The summed E-state index contributed by atoms with van der Waals surface area (Å²) in [5, 5.41) is 56.2. The van der Waals surface area contributed by atoms with Crippen molar-refractivity contribution in [3.8, 4) is 0 Å². The number of aliphatic hydroxyl groups is 3. The van der Waals surface area contributed by atoms with Crippen LogP contribution in [0.2, 0.25) is 0 Å². The van der Waals surface area contributed by atoms with Crippen molar-refractivity contribution in [2.24, 2.45) is 0 Å². The third-order valence-electron chi connectivity index (χ3n) is 5.18. The van der Waals surface area contributed by atoms with Gasteiger partial charge in [-0.2, -0.15) is 0 Å². The van der Waals surface area contributed by atoms with Crippen LogP contribution in [-0.2, 0) is 9.59 Å². The van der Waals surface area contributed by atoms with Crippen LogP contribution in [-0.4, -0.2) is 164 Å². The second-order valence-electron chi connectivity index (χ2n) is 9.75. The molecular formula is C28H64N6Na3O9-. The van der Waals surface area contributed by atoms with Gasteiger partial charge in [0.2, 0.25) is 0 Å². The molecule has 18 heteroatoms. The second-order valence-corrected chi connectivity index (χ2v) is 9.75. The Hall–Kier alpha value is 1.05. The summed E-state index contributed by atoms with van der Waals surface area (Å²) in [4.78, 5) is 35.7. The van der Waals surface area contributed by atoms with E-state index in [1.54, 1.807) is 16.1 Å². The van der Waals surface area contributed by atoms with Crippen molar-refractivity contribution in [2.75, 3.05) is 91.8 Å². The molecule has 0 aromatic carbocycles. The van der Waals surface area contributed by atoms with Crippen molar-refractivity contribution in [3.63, 3.8) is 0 Å².